The maximum Gasteiger partial charge on any atom is 0.321 e. The van der Waals surface area contributed by atoms with E-state index < -0.39 is 5.66 Å². The number of carbonyl (C=O) groups excluding carboxylic acids is 2. The Hall–Kier alpha value is -2.97. The number of hydrogen-bond donors (Lipinski definition) is 2. The molecule has 0 saturated carbocycles. The van der Waals surface area contributed by atoms with Crippen molar-refractivity contribution >= 4 is 29.2 Å². The van der Waals surface area contributed by atoms with Gasteiger partial charge in [0.05, 0.1) is 11.7 Å². The van der Waals surface area contributed by atoms with Crippen LogP contribution in [-0.4, -0.2) is 53.3 Å². The lowest BCUT2D eigenvalue weighted by molar-refractivity contribution is -0.134. The van der Waals surface area contributed by atoms with E-state index in [1.54, 1.807) is 23.1 Å². The number of nitrogens with zero attached hydrogens (tertiary/aromatic N) is 2. The minimum Gasteiger partial charge on any atom is -0.454 e. The van der Waals surface area contributed by atoms with Gasteiger partial charge in [-0.2, -0.15) is 0 Å². The highest BCUT2D eigenvalue weighted by Gasteiger charge is 2.52. The third kappa shape index (κ3) is 4.65. The summed E-state index contributed by atoms with van der Waals surface area (Å²) >= 11 is 6.05. The predicted octanol–water partition coefficient (Wildman–Crippen LogP) is 4.44. The summed E-state index contributed by atoms with van der Waals surface area (Å²) in [7, 11) is 0. The summed E-state index contributed by atoms with van der Waals surface area (Å²) in [6, 6.07) is 12.6. The van der Waals surface area contributed by atoms with E-state index in [0.29, 0.717) is 48.9 Å². The monoisotopic (exact) mass is 498 g/mol. The molecule has 0 radical (unpaired) electrons. The molecule has 3 amide bonds. The Morgan fingerprint density at radius 2 is 1.97 bits per heavy atom. The Morgan fingerprint density at radius 1 is 1.20 bits per heavy atom. The molecule has 2 fully saturated rings. The molecule has 3 aliphatic heterocycles. The lowest BCUT2D eigenvalue weighted by Gasteiger charge is -2.44. The first-order valence-electron chi connectivity index (χ1n) is 12.2. The van der Waals surface area contributed by atoms with E-state index in [0.717, 1.165) is 17.7 Å². The summed E-state index contributed by atoms with van der Waals surface area (Å²) in [6.07, 6.45) is 2.21. The van der Waals surface area contributed by atoms with E-state index in [1.807, 2.05) is 29.2 Å². The Morgan fingerprint density at radius 3 is 2.71 bits per heavy atom. The SMILES string of the molecule is CC[C@H](C)[C@H]1NC2(CCN(C(=O)Nc3cccc(Cl)c3)CC2)N(Cc2ccc3c(c2)OCO3)C1=O. The summed E-state index contributed by atoms with van der Waals surface area (Å²) in [6.45, 7) is 5.99. The molecule has 2 atom stereocenters. The lowest BCUT2D eigenvalue weighted by atomic mass is 9.95. The Kier molecular flexibility index (Phi) is 6.51. The topological polar surface area (TPSA) is 83.1 Å². The smallest absolute Gasteiger partial charge is 0.321 e. The fourth-order valence-corrected chi connectivity index (χ4v) is 5.33. The average Bonchev–Trinajstić information content (AvgIpc) is 3.42. The minimum absolute atomic E-state index is 0.119. The highest BCUT2D eigenvalue weighted by molar-refractivity contribution is 6.30. The lowest BCUT2D eigenvalue weighted by Crippen LogP contribution is -2.59. The van der Waals surface area contributed by atoms with E-state index >= 15 is 0 Å². The molecule has 9 heteroatoms. The fraction of sp³-hybridized carbons (Fsp3) is 0.462. The van der Waals surface area contributed by atoms with Crippen molar-refractivity contribution in [3.8, 4) is 11.5 Å². The molecular formula is C26H31ClN4O4. The van der Waals surface area contributed by atoms with Gasteiger partial charge in [-0.25, -0.2) is 4.79 Å². The van der Waals surface area contributed by atoms with Crippen LogP contribution in [0.25, 0.3) is 0 Å². The largest absolute Gasteiger partial charge is 0.454 e. The summed E-state index contributed by atoms with van der Waals surface area (Å²) < 4.78 is 11.0. The molecule has 5 rings (SSSR count). The van der Waals surface area contributed by atoms with Gasteiger partial charge in [-0.15, -0.1) is 0 Å². The summed E-state index contributed by atoms with van der Waals surface area (Å²) in [5.74, 6) is 1.77. The first-order chi connectivity index (χ1) is 16.9. The van der Waals surface area contributed by atoms with Crippen molar-refractivity contribution in [2.45, 2.75) is 51.4 Å². The molecule has 35 heavy (non-hydrogen) atoms. The molecule has 3 aliphatic rings. The number of halogens is 1. The molecule has 186 valence electrons. The Labute approximate surface area is 210 Å². The number of carbonyl (C=O) groups is 2. The van der Waals surface area contributed by atoms with Gasteiger partial charge in [0.25, 0.3) is 0 Å². The maximum atomic E-state index is 13.6. The van der Waals surface area contributed by atoms with Gasteiger partial charge in [0.1, 0.15) is 0 Å². The molecule has 2 aromatic carbocycles. The summed E-state index contributed by atoms with van der Waals surface area (Å²) in [4.78, 5) is 30.3. The van der Waals surface area contributed by atoms with Crippen LogP contribution in [0.3, 0.4) is 0 Å². The van der Waals surface area contributed by atoms with E-state index in [4.69, 9.17) is 21.1 Å². The van der Waals surface area contributed by atoms with Crippen molar-refractivity contribution in [3.63, 3.8) is 0 Å². The third-order valence-corrected chi connectivity index (χ3v) is 7.65. The Balaban J connectivity index is 1.32. The van der Waals surface area contributed by atoms with Crippen LogP contribution >= 0.6 is 11.6 Å². The van der Waals surface area contributed by atoms with Crippen molar-refractivity contribution in [2.24, 2.45) is 5.92 Å². The second-order valence-electron chi connectivity index (χ2n) is 9.58. The number of hydrogen-bond acceptors (Lipinski definition) is 5. The highest BCUT2D eigenvalue weighted by Crippen LogP contribution is 2.38. The van der Waals surface area contributed by atoms with E-state index in [-0.39, 0.29) is 30.7 Å². The molecule has 0 unspecified atom stereocenters. The molecule has 2 N–H and O–H groups in total. The summed E-state index contributed by atoms with van der Waals surface area (Å²) in [5, 5.41) is 7.19. The molecule has 3 heterocycles. The van der Waals surface area contributed by atoms with Crippen molar-refractivity contribution in [1.29, 1.82) is 0 Å². The zero-order valence-corrected chi connectivity index (χ0v) is 20.8. The van der Waals surface area contributed by atoms with Gasteiger partial charge in [0, 0.05) is 43.2 Å². The maximum absolute atomic E-state index is 13.6. The zero-order valence-electron chi connectivity index (χ0n) is 20.1. The van der Waals surface area contributed by atoms with Crippen molar-refractivity contribution < 1.29 is 19.1 Å². The Bertz CT molecular complexity index is 1120. The molecule has 8 nitrogen and oxygen atoms in total. The van der Waals surface area contributed by atoms with Crippen LogP contribution in [0.1, 0.15) is 38.7 Å². The van der Waals surface area contributed by atoms with E-state index in [2.05, 4.69) is 24.5 Å². The number of urea groups is 1. The van der Waals surface area contributed by atoms with Gasteiger partial charge in [-0.1, -0.05) is 44.0 Å². The number of piperidine rings is 1. The quantitative estimate of drug-likeness (QED) is 0.636. The molecule has 2 saturated heterocycles. The number of benzene rings is 2. The molecule has 2 aromatic rings. The standard InChI is InChI=1S/C26H31ClN4O4/c1-3-17(2)23-24(32)31(15-18-7-8-21-22(13-18)35-16-34-21)26(29-23)9-11-30(12-10-26)25(33)28-20-6-4-5-19(27)14-20/h4-8,13-14,17,23,29H,3,9-12,15-16H2,1-2H3,(H,28,33)/t17-,23+/m0/s1. The van der Waals surface area contributed by atoms with E-state index in [1.165, 1.54) is 0 Å². The molecule has 1 spiro atoms. The minimum atomic E-state index is -0.492. The van der Waals surface area contributed by atoms with E-state index in [9.17, 15) is 9.59 Å². The van der Waals surface area contributed by atoms with Gasteiger partial charge >= 0.3 is 6.03 Å². The second-order valence-corrected chi connectivity index (χ2v) is 10.0. The highest BCUT2D eigenvalue weighted by atomic mass is 35.5. The zero-order chi connectivity index (χ0) is 24.6. The third-order valence-electron chi connectivity index (χ3n) is 7.42. The first-order valence-corrected chi connectivity index (χ1v) is 12.6. The number of fused-ring (bicyclic) bond motifs is 1. The van der Waals surface area contributed by atoms with Gasteiger partial charge < -0.3 is 24.6 Å². The van der Waals surface area contributed by atoms with Crippen LogP contribution in [0.2, 0.25) is 5.02 Å². The van der Waals surface area contributed by atoms with Crippen LogP contribution in [0, 0.1) is 5.92 Å². The number of rotatable bonds is 5. The number of amides is 3. The van der Waals surface area contributed by atoms with Crippen molar-refractivity contribution in [3.05, 3.63) is 53.1 Å². The molecule has 0 aliphatic carbocycles. The second kappa shape index (κ2) is 9.59. The number of likely N-dealkylation sites (tertiary alicyclic amines) is 1. The van der Waals surface area contributed by atoms with Gasteiger partial charge in [0.15, 0.2) is 11.5 Å². The molecule has 0 bridgehead atoms. The normalized spacial score (nSPS) is 21.5. The fourth-order valence-electron chi connectivity index (χ4n) is 5.14. The molecule has 0 aromatic heterocycles. The number of nitrogens with one attached hydrogen (secondary N) is 2. The van der Waals surface area contributed by atoms with Crippen LogP contribution in [0.4, 0.5) is 10.5 Å². The molecular weight excluding hydrogens is 468 g/mol. The van der Waals surface area contributed by atoms with Gasteiger partial charge in [-0.05, 0) is 41.8 Å². The predicted molar refractivity (Wildman–Crippen MR) is 134 cm³/mol. The average molecular weight is 499 g/mol. The number of ether oxygens (including phenoxy) is 2. The van der Waals surface area contributed by atoms with Crippen LogP contribution in [0.5, 0.6) is 11.5 Å². The summed E-state index contributed by atoms with van der Waals surface area (Å²) in [5.41, 5.74) is 1.17. The van der Waals surface area contributed by atoms with Gasteiger partial charge in [0.2, 0.25) is 12.7 Å². The van der Waals surface area contributed by atoms with Crippen LogP contribution < -0.4 is 20.1 Å². The van der Waals surface area contributed by atoms with Crippen molar-refractivity contribution in [1.82, 2.24) is 15.1 Å². The number of anilines is 1. The van der Waals surface area contributed by atoms with Crippen LogP contribution in [-0.2, 0) is 11.3 Å². The first kappa shape index (κ1) is 23.8. The van der Waals surface area contributed by atoms with Gasteiger partial charge in [-0.3, -0.25) is 10.1 Å². The van der Waals surface area contributed by atoms with Crippen LogP contribution in [0.15, 0.2) is 42.5 Å². The van der Waals surface area contributed by atoms with Crippen molar-refractivity contribution in [2.75, 3.05) is 25.2 Å².